The molecule has 3 fully saturated rings. The molecule has 2 aromatic carbocycles. The molecule has 3 aliphatic rings. The number of hydrogen-bond acceptors (Lipinski definition) is 7. The summed E-state index contributed by atoms with van der Waals surface area (Å²) in [6, 6.07) is 19.3. The topological polar surface area (TPSA) is 91.6 Å². The average Bonchev–Trinajstić information content (AvgIpc) is 3.99. The zero-order valence-electron chi connectivity index (χ0n) is 28.2. The van der Waals surface area contributed by atoms with Crippen molar-refractivity contribution in [2.75, 3.05) is 21.7 Å². The van der Waals surface area contributed by atoms with E-state index in [0.717, 1.165) is 30.0 Å². The molecule has 1 aliphatic heterocycles. The van der Waals surface area contributed by atoms with Crippen molar-refractivity contribution in [3.05, 3.63) is 104 Å². The van der Waals surface area contributed by atoms with Crippen LogP contribution in [-0.4, -0.2) is 37.2 Å². The van der Waals surface area contributed by atoms with Crippen molar-refractivity contribution in [3.63, 3.8) is 0 Å². The van der Waals surface area contributed by atoms with Gasteiger partial charge in [0.1, 0.15) is 5.82 Å². The Labute approximate surface area is 286 Å². The molecule has 48 heavy (non-hydrogen) atoms. The van der Waals surface area contributed by atoms with Gasteiger partial charge < -0.3 is 10.2 Å². The van der Waals surface area contributed by atoms with E-state index in [1.807, 2.05) is 16.3 Å². The number of fused-ring (bicyclic) bond motifs is 2. The van der Waals surface area contributed by atoms with Gasteiger partial charge in [-0.05, 0) is 123 Å². The molecule has 1 N–H and O–H groups in total. The first-order valence-corrected chi connectivity index (χ1v) is 17.4. The predicted molar refractivity (Wildman–Crippen MR) is 190 cm³/mol. The van der Waals surface area contributed by atoms with Crippen LogP contribution < -0.4 is 15.1 Å². The van der Waals surface area contributed by atoms with Gasteiger partial charge in [-0.25, -0.2) is 4.52 Å². The number of nitrogens with one attached hydrogen (secondary N) is 1. The SMILES string of the molecule is Cc1ccc(CN(Cc2ccc(C)c(C)c2)c2nnc(Cl)c(N[C@H](C)c3cc4cc(C5CC5)cc(N5CC6CC6C5=O)n4n3)n2)cc1C. The molecule has 2 saturated carbocycles. The average molecular weight is 661 g/mol. The molecule has 10 heteroatoms. The van der Waals surface area contributed by atoms with E-state index < -0.39 is 0 Å². The Hall–Kier alpha value is -4.50. The molecular formula is C38H41ClN8O. The monoisotopic (exact) mass is 660 g/mol. The fourth-order valence-electron chi connectivity index (χ4n) is 6.91. The third-order valence-electron chi connectivity index (χ3n) is 10.4. The van der Waals surface area contributed by atoms with Gasteiger partial charge in [0, 0.05) is 25.6 Å². The summed E-state index contributed by atoms with van der Waals surface area (Å²) in [5.74, 6) is 3.28. The molecular weight excluding hydrogens is 620 g/mol. The highest BCUT2D eigenvalue weighted by Gasteiger charge is 2.53. The van der Waals surface area contributed by atoms with Gasteiger partial charge in [0.2, 0.25) is 11.9 Å². The molecule has 3 aromatic heterocycles. The Morgan fingerprint density at radius 2 is 1.60 bits per heavy atom. The highest BCUT2D eigenvalue weighted by Crippen LogP contribution is 2.48. The Balaban J connectivity index is 1.10. The number of aryl methyl sites for hydroxylation is 4. The summed E-state index contributed by atoms with van der Waals surface area (Å²) in [6.07, 6.45) is 3.41. The number of pyridine rings is 1. The van der Waals surface area contributed by atoms with Crippen molar-refractivity contribution < 1.29 is 4.79 Å². The summed E-state index contributed by atoms with van der Waals surface area (Å²) < 4.78 is 1.93. The summed E-state index contributed by atoms with van der Waals surface area (Å²) in [5, 5.41) is 17.5. The third kappa shape index (κ3) is 5.89. The van der Waals surface area contributed by atoms with Crippen LogP contribution in [0.5, 0.6) is 0 Å². The van der Waals surface area contributed by atoms with E-state index >= 15 is 0 Å². The number of hydrogen-bond donors (Lipinski definition) is 1. The molecule has 8 rings (SSSR count). The first-order chi connectivity index (χ1) is 23.1. The molecule has 0 spiro atoms. The number of carbonyl (C=O) groups is 1. The highest BCUT2D eigenvalue weighted by atomic mass is 35.5. The zero-order chi connectivity index (χ0) is 33.3. The van der Waals surface area contributed by atoms with Gasteiger partial charge in [0.05, 0.1) is 17.3 Å². The largest absolute Gasteiger partial charge is 0.359 e. The van der Waals surface area contributed by atoms with Crippen LogP contribution in [0.2, 0.25) is 5.15 Å². The molecule has 5 aromatic rings. The van der Waals surface area contributed by atoms with Crippen LogP contribution >= 0.6 is 11.6 Å². The number of benzene rings is 2. The number of rotatable bonds is 10. The fourth-order valence-corrected chi connectivity index (χ4v) is 7.05. The summed E-state index contributed by atoms with van der Waals surface area (Å²) in [5.41, 5.74) is 10.5. The van der Waals surface area contributed by atoms with Crippen molar-refractivity contribution in [1.29, 1.82) is 0 Å². The second-order valence-electron chi connectivity index (χ2n) is 14.2. The predicted octanol–water partition coefficient (Wildman–Crippen LogP) is 7.65. The van der Waals surface area contributed by atoms with Crippen LogP contribution in [0.25, 0.3) is 5.52 Å². The number of piperidine rings is 1. The lowest BCUT2D eigenvalue weighted by molar-refractivity contribution is -0.118. The third-order valence-corrected chi connectivity index (χ3v) is 10.7. The highest BCUT2D eigenvalue weighted by molar-refractivity contribution is 6.31. The van der Waals surface area contributed by atoms with Gasteiger partial charge in [-0.3, -0.25) is 9.69 Å². The van der Waals surface area contributed by atoms with Crippen LogP contribution in [0.4, 0.5) is 17.6 Å². The molecule has 1 saturated heterocycles. The smallest absolute Gasteiger partial charge is 0.248 e. The molecule has 246 valence electrons. The summed E-state index contributed by atoms with van der Waals surface area (Å²) in [4.78, 5) is 22.1. The van der Waals surface area contributed by atoms with Gasteiger partial charge >= 0.3 is 0 Å². The van der Waals surface area contributed by atoms with E-state index in [4.69, 9.17) is 21.7 Å². The lowest BCUT2D eigenvalue weighted by Gasteiger charge is -2.24. The summed E-state index contributed by atoms with van der Waals surface area (Å²) in [7, 11) is 0. The molecule has 4 heterocycles. The first kappa shape index (κ1) is 30.8. The van der Waals surface area contributed by atoms with Gasteiger partial charge in [-0.1, -0.05) is 48.0 Å². The van der Waals surface area contributed by atoms with Crippen molar-refractivity contribution in [3.8, 4) is 0 Å². The Morgan fingerprint density at radius 1 is 0.917 bits per heavy atom. The molecule has 0 radical (unpaired) electrons. The normalized spacial score (nSPS) is 19.1. The van der Waals surface area contributed by atoms with E-state index in [1.165, 1.54) is 51.8 Å². The number of carbonyl (C=O) groups excluding carboxylic acids is 1. The number of aromatic nitrogens is 5. The Bertz CT molecular complexity index is 2020. The van der Waals surface area contributed by atoms with Gasteiger partial charge in [0.15, 0.2) is 11.0 Å². The summed E-state index contributed by atoms with van der Waals surface area (Å²) in [6.45, 7) is 12.6. The maximum atomic E-state index is 13.1. The van der Waals surface area contributed by atoms with E-state index in [1.54, 1.807) is 0 Å². The number of nitrogens with zero attached hydrogens (tertiary/aromatic N) is 7. The Morgan fingerprint density at radius 3 is 2.21 bits per heavy atom. The second-order valence-corrected chi connectivity index (χ2v) is 14.5. The van der Waals surface area contributed by atoms with Crippen LogP contribution in [0.15, 0.2) is 54.6 Å². The minimum Gasteiger partial charge on any atom is -0.359 e. The van der Waals surface area contributed by atoms with Crippen LogP contribution in [0, 0.1) is 39.5 Å². The maximum Gasteiger partial charge on any atom is 0.248 e. The lowest BCUT2D eigenvalue weighted by atomic mass is 10.0. The standard InChI is InChI=1S/C38H41ClN8O/c1-21-6-8-26(12-23(21)3)18-45(19-27-9-7-22(2)24(4)13-27)38-41-36(35(39)42-43-38)40-25(5)33-17-31-14-29(28-10-11-28)16-34(47(31)44-33)46-20-30-15-32(30)37(46)48/h6-9,12-14,16-17,25,28,30,32H,10-11,15,18-20H2,1-5H3,(H,40,41,43)/t25-,30?,32?/m1/s1. The second kappa shape index (κ2) is 11.9. The van der Waals surface area contributed by atoms with Gasteiger partial charge in [-0.15, -0.1) is 10.2 Å². The Kier molecular flexibility index (Phi) is 7.62. The molecule has 1 amide bonds. The van der Waals surface area contributed by atoms with E-state index in [0.29, 0.717) is 36.7 Å². The minimum absolute atomic E-state index is 0.187. The lowest BCUT2D eigenvalue weighted by Crippen LogP contribution is -2.30. The first-order valence-electron chi connectivity index (χ1n) is 17.0. The van der Waals surface area contributed by atoms with Gasteiger partial charge in [0.25, 0.3) is 0 Å². The summed E-state index contributed by atoms with van der Waals surface area (Å²) >= 11 is 6.63. The molecule has 0 bridgehead atoms. The quantitative estimate of drug-likeness (QED) is 0.165. The minimum atomic E-state index is -0.236. The number of halogens is 1. The number of amides is 1. The van der Waals surface area contributed by atoms with E-state index in [9.17, 15) is 4.79 Å². The van der Waals surface area contributed by atoms with Crippen molar-refractivity contribution in [2.45, 2.75) is 78.9 Å². The maximum absolute atomic E-state index is 13.1. The van der Waals surface area contributed by atoms with Crippen molar-refractivity contribution in [2.24, 2.45) is 11.8 Å². The van der Waals surface area contributed by atoms with Gasteiger partial charge in [-0.2, -0.15) is 10.1 Å². The van der Waals surface area contributed by atoms with Crippen molar-refractivity contribution in [1.82, 2.24) is 24.8 Å². The van der Waals surface area contributed by atoms with E-state index in [-0.39, 0.29) is 23.0 Å². The van der Waals surface area contributed by atoms with E-state index in [2.05, 4.69) is 103 Å². The van der Waals surface area contributed by atoms with Crippen LogP contribution in [0.3, 0.4) is 0 Å². The fraction of sp³-hybridized carbons (Fsp3) is 0.395. The van der Waals surface area contributed by atoms with Crippen LogP contribution in [-0.2, 0) is 17.9 Å². The zero-order valence-corrected chi connectivity index (χ0v) is 28.9. The number of anilines is 3. The van der Waals surface area contributed by atoms with Crippen LogP contribution in [0.1, 0.15) is 82.8 Å². The van der Waals surface area contributed by atoms with Crippen molar-refractivity contribution >= 4 is 40.6 Å². The molecule has 9 nitrogen and oxygen atoms in total. The molecule has 2 aliphatic carbocycles. The molecule has 2 unspecified atom stereocenters. The molecule has 3 atom stereocenters.